The van der Waals surface area contributed by atoms with Gasteiger partial charge in [0.25, 0.3) is 0 Å². The maximum atomic E-state index is 11.6. The summed E-state index contributed by atoms with van der Waals surface area (Å²) in [5.74, 6) is -0.0898. The van der Waals surface area contributed by atoms with Crippen molar-refractivity contribution in [2.75, 3.05) is 10.6 Å². The second kappa shape index (κ2) is 10.7. The maximum absolute atomic E-state index is 11.6. The quantitative estimate of drug-likeness (QED) is 0.253. The van der Waals surface area contributed by atoms with E-state index in [2.05, 4.69) is 38.4 Å². The number of anilines is 3. The highest BCUT2D eigenvalue weighted by Crippen LogP contribution is 2.31. The summed E-state index contributed by atoms with van der Waals surface area (Å²) >= 11 is 0. The van der Waals surface area contributed by atoms with Gasteiger partial charge in [-0.1, -0.05) is 31.4 Å². The molecule has 1 amide bonds. The topological polar surface area (TPSA) is 84.2 Å². The van der Waals surface area contributed by atoms with Crippen LogP contribution in [0.2, 0.25) is 0 Å². The zero-order valence-electron chi connectivity index (χ0n) is 22.3. The van der Waals surface area contributed by atoms with Crippen LogP contribution < -0.4 is 16.0 Å². The summed E-state index contributed by atoms with van der Waals surface area (Å²) in [7, 11) is 0. The third-order valence-corrected chi connectivity index (χ3v) is 7.32. The van der Waals surface area contributed by atoms with E-state index in [-0.39, 0.29) is 5.91 Å². The predicted octanol–water partition coefficient (Wildman–Crippen LogP) is 6.77. The summed E-state index contributed by atoms with van der Waals surface area (Å²) in [4.78, 5) is 26.4. The van der Waals surface area contributed by atoms with Gasteiger partial charge >= 0.3 is 0 Å². The van der Waals surface area contributed by atoms with Crippen molar-refractivity contribution in [3.05, 3.63) is 90.0 Å². The molecule has 0 bridgehead atoms. The lowest BCUT2D eigenvalue weighted by Gasteiger charge is -2.22. The minimum atomic E-state index is -0.0898. The van der Waals surface area contributed by atoms with Gasteiger partial charge in [0.1, 0.15) is 0 Å². The van der Waals surface area contributed by atoms with Crippen molar-refractivity contribution in [1.82, 2.24) is 14.5 Å². The van der Waals surface area contributed by atoms with Crippen molar-refractivity contribution in [2.45, 2.75) is 52.0 Å². The van der Waals surface area contributed by atoms with Gasteiger partial charge in [-0.3, -0.25) is 14.8 Å². The summed E-state index contributed by atoms with van der Waals surface area (Å²) in [6.45, 7) is 3.52. The van der Waals surface area contributed by atoms with Crippen molar-refractivity contribution in [3.63, 3.8) is 0 Å². The number of amides is 1. The second-order valence-corrected chi connectivity index (χ2v) is 10.2. The third-order valence-electron chi connectivity index (χ3n) is 7.32. The molecule has 2 aromatic carbocycles. The van der Waals surface area contributed by atoms with Crippen LogP contribution in [0, 0.1) is 6.92 Å². The molecule has 39 heavy (non-hydrogen) atoms. The van der Waals surface area contributed by atoms with Crippen LogP contribution in [0.1, 0.15) is 44.7 Å². The largest absolute Gasteiger partial charge is 0.352 e. The molecule has 1 fully saturated rings. The number of aromatic nitrogens is 3. The highest BCUT2D eigenvalue weighted by molar-refractivity contribution is 5.89. The Morgan fingerprint density at radius 2 is 1.74 bits per heavy atom. The van der Waals surface area contributed by atoms with Crippen molar-refractivity contribution in [1.29, 1.82) is 0 Å². The fourth-order valence-electron chi connectivity index (χ4n) is 5.39. The third kappa shape index (κ3) is 5.25. The Balaban J connectivity index is 1.58. The van der Waals surface area contributed by atoms with E-state index < -0.39 is 0 Å². The molecular formula is C32H32N6O. The number of rotatable bonds is 5. The standard InChI is InChI=1S/C32H32N6O/c1-21-26(12-8-18-33-21)36-28-19-30-32(20-29(28)35-23-9-4-3-5-10-23)38(31-13-7-6-11-27(31)37-30)25-16-14-24(15-17-25)34-22(2)39/h6-8,11-20,23,36H,3-5,9-10H2,1-2H3,(H,34,39). The number of nitrogens with zero attached hydrogens (tertiary/aromatic N) is 4. The number of carbonyl (C=O) groups excluding carboxylic acids is 1. The lowest BCUT2D eigenvalue weighted by atomic mass is 9.96. The number of para-hydroxylation sites is 2. The number of benzene rings is 3. The molecule has 1 aromatic heterocycles. The zero-order valence-corrected chi connectivity index (χ0v) is 22.3. The lowest BCUT2D eigenvalue weighted by molar-refractivity contribution is -0.114. The first-order valence-electron chi connectivity index (χ1n) is 13.6. The van der Waals surface area contributed by atoms with E-state index in [1.807, 2.05) is 67.7 Å². The average molecular weight is 517 g/mol. The van der Waals surface area contributed by atoms with Crippen LogP contribution in [-0.4, -0.2) is 26.5 Å². The van der Waals surface area contributed by atoms with Crippen LogP contribution in [0.5, 0.6) is 0 Å². The van der Waals surface area contributed by atoms with E-state index >= 15 is 0 Å². The van der Waals surface area contributed by atoms with Crippen LogP contribution in [-0.2, 0) is 4.79 Å². The zero-order chi connectivity index (χ0) is 26.8. The van der Waals surface area contributed by atoms with E-state index in [1.165, 1.54) is 26.2 Å². The Labute approximate surface area is 228 Å². The summed E-state index contributed by atoms with van der Waals surface area (Å²) in [6, 6.07) is 24.7. The first kappa shape index (κ1) is 24.8. The molecule has 3 aliphatic rings. The first-order chi connectivity index (χ1) is 19.0. The number of fused-ring (bicyclic) bond motifs is 2. The molecule has 2 aliphatic carbocycles. The molecule has 0 radical (unpaired) electrons. The van der Waals surface area contributed by atoms with Crippen molar-refractivity contribution >= 4 is 34.0 Å². The molecule has 0 spiro atoms. The van der Waals surface area contributed by atoms with Gasteiger partial charge in [-0.25, -0.2) is 4.98 Å². The van der Waals surface area contributed by atoms with Crippen LogP contribution in [0.15, 0.2) is 84.0 Å². The lowest BCUT2D eigenvalue weighted by Crippen LogP contribution is -2.19. The molecule has 1 aliphatic heterocycles. The van der Waals surface area contributed by atoms with E-state index in [0.717, 1.165) is 69.1 Å². The van der Waals surface area contributed by atoms with Gasteiger partial charge in [0, 0.05) is 24.5 Å². The van der Waals surface area contributed by atoms with Gasteiger partial charge in [0.05, 0.1) is 50.9 Å². The smallest absolute Gasteiger partial charge is 0.221 e. The second-order valence-electron chi connectivity index (χ2n) is 10.2. The number of hydrogen-bond acceptors (Lipinski definition) is 5. The van der Waals surface area contributed by atoms with Crippen LogP contribution in [0.3, 0.4) is 0 Å². The number of hydrogen-bond donors (Lipinski definition) is 2. The van der Waals surface area contributed by atoms with Crippen molar-refractivity contribution in [2.24, 2.45) is 4.99 Å². The van der Waals surface area contributed by atoms with E-state index in [4.69, 9.17) is 9.98 Å². The minimum Gasteiger partial charge on any atom is -0.352 e. The van der Waals surface area contributed by atoms with Gasteiger partial charge in [-0.05, 0) is 80.4 Å². The normalized spacial score (nSPS) is 14.6. The molecule has 0 atom stereocenters. The van der Waals surface area contributed by atoms with Gasteiger partial charge in [-0.2, -0.15) is 0 Å². The van der Waals surface area contributed by atoms with E-state index in [1.54, 1.807) is 0 Å². The highest BCUT2D eigenvalue weighted by atomic mass is 16.1. The predicted molar refractivity (Wildman–Crippen MR) is 157 cm³/mol. The fraction of sp³-hybridized carbons (Fsp3) is 0.250. The molecule has 1 saturated carbocycles. The highest BCUT2D eigenvalue weighted by Gasteiger charge is 2.18. The molecule has 196 valence electrons. The molecule has 0 saturated heterocycles. The number of aryl methyl sites for hydroxylation is 1. The molecular weight excluding hydrogens is 484 g/mol. The van der Waals surface area contributed by atoms with Crippen molar-refractivity contribution < 1.29 is 4.79 Å². The van der Waals surface area contributed by atoms with E-state index in [9.17, 15) is 4.79 Å². The Bertz CT molecular complexity index is 1680. The SMILES string of the molecule is CC(=O)Nc1ccc(-n2c3cc(=NC4CCCCC4)c(Nc4cccnc4C)cc-3nc3ccccc32)cc1. The molecule has 7 heteroatoms. The number of carbonyl (C=O) groups is 1. The van der Waals surface area contributed by atoms with Gasteiger partial charge in [-0.15, -0.1) is 0 Å². The Morgan fingerprint density at radius 3 is 2.51 bits per heavy atom. The fourth-order valence-corrected chi connectivity index (χ4v) is 5.39. The molecule has 0 unspecified atom stereocenters. The molecule has 2 N–H and O–H groups in total. The van der Waals surface area contributed by atoms with Gasteiger partial charge < -0.3 is 15.2 Å². The monoisotopic (exact) mass is 516 g/mol. The van der Waals surface area contributed by atoms with Crippen molar-refractivity contribution in [3.8, 4) is 17.1 Å². The maximum Gasteiger partial charge on any atom is 0.221 e. The summed E-state index contributed by atoms with van der Waals surface area (Å²) in [5.41, 5.74) is 8.32. The van der Waals surface area contributed by atoms with E-state index in [0.29, 0.717) is 6.04 Å². The molecule has 3 aromatic rings. The molecule has 7 nitrogen and oxygen atoms in total. The minimum absolute atomic E-state index is 0.0898. The van der Waals surface area contributed by atoms with Gasteiger partial charge in [0.2, 0.25) is 5.91 Å². The summed E-state index contributed by atoms with van der Waals surface area (Å²) in [6.07, 6.45) is 7.77. The summed E-state index contributed by atoms with van der Waals surface area (Å²) in [5, 5.41) is 7.40. The number of pyridine rings is 1. The first-order valence-corrected chi connectivity index (χ1v) is 13.6. The Morgan fingerprint density at radius 1 is 0.949 bits per heavy atom. The van der Waals surface area contributed by atoms with Crippen LogP contribution in [0.25, 0.3) is 28.1 Å². The van der Waals surface area contributed by atoms with Gasteiger partial charge in [0.15, 0.2) is 0 Å². The molecule has 2 heterocycles. The van der Waals surface area contributed by atoms with Crippen LogP contribution >= 0.6 is 0 Å². The summed E-state index contributed by atoms with van der Waals surface area (Å²) < 4.78 is 2.23. The molecule has 6 rings (SSSR count). The Kier molecular flexibility index (Phi) is 6.80. The Hall–Kier alpha value is -4.52. The van der Waals surface area contributed by atoms with Crippen LogP contribution in [0.4, 0.5) is 17.1 Å². The average Bonchev–Trinajstić information content (AvgIpc) is 2.94. The number of nitrogens with one attached hydrogen (secondary N) is 2.